The molecule has 0 saturated heterocycles. The number of aliphatic hydroxyl groups is 1. The molecule has 140 valence electrons. The maximum atomic E-state index is 13.2. The minimum absolute atomic E-state index is 0.00612. The fourth-order valence-electron chi connectivity index (χ4n) is 3.88. The number of para-hydroxylation sites is 2. The van der Waals surface area contributed by atoms with Crippen LogP contribution in [0.2, 0.25) is 0 Å². The third-order valence-corrected chi connectivity index (χ3v) is 5.02. The van der Waals surface area contributed by atoms with E-state index in [0.717, 1.165) is 18.0 Å². The molecule has 1 aromatic heterocycles. The van der Waals surface area contributed by atoms with E-state index in [9.17, 15) is 14.7 Å². The molecule has 6 heteroatoms. The lowest BCUT2D eigenvalue weighted by Gasteiger charge is -2.13. The highest BCUT2D eigenvalue weighted by Gasteiger charge is 2.40. The normalized spacial score (nSPS) is 13.0. The molecule has 0 bridgehead atoms. The summed E-state index contributed by atoms with van der Waals surface area (Å²) in [6.07, 6.45) is 0. The Labute approximate surface area is 160 Å². The van der Waals surface area contributed by atoms with Gasteiger partial charge < -0.3 is 14.8 Å². The Morgan fingerprint density at radius 1 is 0.857 bits per heavy atom. The van der Waals surface area contributed by atoms with Gasteiger partial charge in [0, 0.05) is 25.1 Å². The second-order valence-corrected chi connectivity index (χ2v) is 6.40. The van der Waals surface area contributed by atoms with Crippen LogP contribution in [0.3, 0.4) is 0 Å². The van der Waals surface area contributed by atoms with Crippen molar-refractivity contribution in [1.29, 1.82) is 0 Å². The van der Waals surface area contributed by atoms with Gasteiger partial charge in [0.15, 0.2) is 0 Å². The lowest BCUT2D eigenvalue weighted by atomic mass is 10.0. The third kappa shape index (κ3) is 2.25. The van der Waals surface area contributed by atoms with Gasteiger partial charge in [-0.1, -0.05) is 36.4 Å². The van der Waals surface area contributed by atoms with Crippen LogP contribution in [0.15, 0.2) is 60.7 Å². The zero-order valence-corrected chi connectivity index (χ0v) is 15.4. The zero-order valence-electron chi connectivity index (χ0n) is 15.4. The molecule has 2 N–H and O–H groups in total. The summed E-state index contributed by atoms with van der Waals surface area (Å²) < 4.78 is 1.86. The summed E-state index contributed by atoms with van der Waals surface area (Å²) in [5.41, 5.74) is 2.56. The van der Waals surface area contributed by atoms with Crippen LogP contribution in [0.5, 0.6) is 5.75 Å². The SMILES string of the molecule is CO.Cn1c2ccccc2c2c(O)cc3c(c21)C(=O)N(c1ccccc1)C3=O. The number of benzene rings is 3. The minimum Gasteiger partial charge on any atom is -0.507 e. The molecular formula is C22H18N2O4. The first-order chi connectivity index (χ1) is 13.6. The largest absolute Gasteiger partial charge is 0.507 e. The molecule has 0 atom stereocenters. The maximum Gasteiger partial charge on any atom is 0.268 e. The molecule has 0 radical (unpaired) electrons. The van der Waals surface area contributed by atoms with E-state index in [4.69, 9.17) is 5.11 Å². The van der Waals surface area contributed by atoms with Crippen molar-refractivity contribution in [1.82, 2.24) is 4.57 Å². The number of phenols is 1. The zero-order chi connectivity index (χ0) is 20.0. The molecule has 1 aliphatic heterocycles. The van der Waals surface area contributed by atoms with E-state index in [-0.39, 0.29) is 17.2 Å². The molecule has 0 saturated carbocycles. The molecule has 0 aliphatic carbocycles. The number of nitrogens with zero attached hydrogens (tertiary/aromatic N) is 2. The molecule has 4 aromatic rings. The van der Waals surface area contributed by atoms with E-state index in [1.807, 2.05) is 41.9 Å². The highest BCUT2D eigenvalue weighted by atomic mass is 16.3. The minimum atomic E-state index is -0.418. The molecule has 6 nitrogen and oxygen atoms in total. The number of carbonyl (C=O) groups is 2. The van der Waals surface area contributed by atoms with Gasteiger partial charge in [0.05, 0.1) is 27.7 Å². The summed E-state index contributed by atoms with van der Waals surface area (Å²) in [6.45, 7) is 0. The average molecular weight is 374 g/mol. The van der Waals surface area contributed by atoms with Gasteiger partial charge in [-0.15, -0.1) is 0 Å². The Bertz CT molecular complexity index is 1240. The van der Waals surface area contributed by atoms with Gasteiger partial charge in [-0.25, -0.2) is 4.90 Å². The van der Waals surface area contributed by atoms with Gasteiger partial charge in [-0.3, -0.25) is 9.59 Å². The van der Waals surface area contributed by atoms with E-state index in [1.54, 1.807) is 24.3 Å². The summed E-state index contributed by atoms with van der Waals surface area (Å²) in [5, 5.41) is 19.1. The topological polar surface area (TPSA) is 82.8 Å². The number of carbonyl (C=O) groups excluding carboxylic acids is 2. The number of fused-ring (bicyclic) bond motifs is 5. The van der Waals surface area contributed by atoms with Crippen molar-refractivity contribution in [3.63, 3.8) is 0 Å². The highest BCUT2D eigenvalue weighted by Crippen LogP contribution is 2.42. The summed E-state index contributed by atoms with van der Waals surface area (Å²) in [5.74, 6) is -0.780. The predicted molar refractivity (Wildman–Crippen MR) is 108 cm³/mol. The smallest absolute Gasteiger partial charge is 0.268 e. The van der Waals surface area contributed by atoms with Crippen molar-refractivity contribution in [3.05, 3.63) is 71.8 Å². The number of rotatable bonds is 1. The van der Waals surface area contributed by atoms with Crippen LogP contribution in [0, 0.1) is 0 Å². The predicted octanol–water partition coefficient (Wildman–Crippen LogP) is 3.45. The molecule has 0 unspecified atom stereocenters. The number of amides is 2. The molecule has 0 spiro atoms. The molecule has 2 heterocycles. The van der Waals surface area contributed by atoms with Crippen LogP contribution in [0.1, 0.15) is 20.7 Å². The molecule has 2 amide bonds. The van der Waals surface area contributed by atoms with Gasteiger partial charge in [0.1, 0.15) is 5.75 Å². The van der Waals surface area contributed by atoms with E-state index in [1.165, 1.54) is 11.0 Å². The van der Waals surface area contributed by atoms with E-state index in [2.05, 4.69) is 0 Å². The lowest BCUT2D eigenvalue weighted by molar-refractivity contribution is 0.0926. The van der Waals surface area contributed by atoms with Crippen molar-refractivity contribution >= 4 is 39.3 Å². The Morgan fingerprint density at radius 2 is 1.50 bits per heavy atom. The maximum absolute atomic E-state index is 13.2. The molecular weight excluding hydrogens is 356 g/mol. The van der Waals surface area contributed by atoms with Crippen molar-refractivity contribution in [3.8, 4) is 5.75 Å². The van der Waals surface area contributed by atoms with Gasteiger partial charge in [-0.05, 0) is 24.3 Å². The molecule has 5 rings (SSSR count). The van der Waals surface area contributed by atoms with Crippen LogP contribution in [0.4, 0.5) is 5.69 Å². The number of aryl methyl sites for hydroxylation is 1. The first kappa shape index (κ1) is 17.8. The number of phenolic OH excluding ortho intramolecular Hbond substituents is 1. The monoisotopic (exact) mass is 374 g/mol. The molecule has 28 heavy (non-hydrogen) atoms. The van der Waals surface area contributed by atoms with Crippen molar-refractivity contribution in [2.45, 2.75) is 0 Å². The summed E-state index contributed by atoms with van der Waals surface area (Å²) in [4.78, 5) is 27.3. The number of aliphatic hydroxyl groups excluding tert-OH is 1. The fourth-order valence-corrected chi connectivity index (χ4v) is 3.88. The second-order valence-electron chi connectivity index (χ2n) is 6.40. The number of aromatic hydroxyl groups is 1. The highest BCUT2D eigenvalue weighted by molar-refractivity contribution is 6.38. The number of aromatic nitrogens is 1. The fraction of sp³-hybridized carbons (Fsp3) is 0.0909. The first-order valence-electron chi connectivity index (χ1n) is 8.71. The van der Waals surface area contributed by atoms with E-state index < -0.39 is 5.91 Å². The second kappa shape index (κ2) is 6.51. The molecule has 0 fully saturated rings. The van der Waals surface area contributed by atoms with Gasteiger partial charge in [0.2, 0.25) is 0 Å². The van der Waals surface area contributed by atoms with E-state index in [0.29, 0.717) is 22.2 Å². The third-order valence-electron chi connectivity index (χ3n) is 5.02. The van der Waals surface area contributed by atoms with Crippen molar-refractivity contribution in [2.24, 2.45) is 7.05 Å². The average Bonchev–Trinajstić information content (AvgIpc) is 3.16. The molecule has 1 aliphatic rings. The summed E-state index contributed by atoms with van der Waals surface area (Å²) >= 11 is 0. The van der Waals surface area contributed by atoms with Gasteiger partial charge >= 0.3 is 0 Å². The summed E-state index contributed by atoms with van der Waals surface area (Å²) in [7, 11) is 2.84. The van der Waals surface area contributed by atoms with Crippen molar-refractivity contribution in [2.75, 3.05) is 12.0 Å². The Balaban J connectivity index is 0.000000932. The Morgan fingerprint density at radius 3 is 2.21 bits per heavy atom. The number of hydrogen-bond acceptors (Lipinski definition) is 4. The van der Waals surface area contributed by atoms with Gasteiger partial charge in [0.25, 0.3) is 11.8 Å². The van der Waals surface area contributed by atoms with Crippen molar-refractivity contribution < 1.29 is 19.8 Å². The Hall–Kier alpha value is -3.64. The summed E-state index contributed by atoms with van der Waals surface area (Å²) in [6, 6.07) is 17.9. The van der Waals surface area contributed by atoms with Gasteiger partial charge in [-0.2, -0.15) is 0 Å². The van der Waals surface area contributed by atoms with Crippen LogP contribution in [0.25, 0.3) is 21.8 Å². The quantitative estimate of drug-likeness (QED) is 0.500. The van der Waals surface area contributed by atoms with Crippen LogP contribution in [-0.2, 0) is 7.05 Å². The molecule has 3 aromatic carbocycles. The van der Waals surface area contributed by atoms with Crippen LogP contribution >= 0.6 is 0 Å². The van der Waals surface area contributed by atoms with Crippen LogP contribution in [-0.4, -0.2) is 33.7 Å². The first-order valence-corrected chi connectivity index (χ1v) is 8.71. The standard InChI is InChI=1S/C21H14N2O3.CH4O/c1-22-15-10-6-5-9-13(15)17-16(24)11-14-18(19(17)22)21(26)23(20(14)25)12-7-3-2-4-8-12;1-2/h2-11,24H,1H3;2H,1H3. The lowest BCUT2D eigenvalue weighted by Crippen LogP contribution is -2.29. The number of anilines is 1. The van der Waals surface area contributed by atoms with Crippen LogP contribution < -0.4 is 4.90 Å². The Kier molecular flexibility index (Phi) is 4.13. The van der Waals surface area contributed by atoms with E-state index >= 15 is 0 Å². The number of hydrogen-bond donors (Lipinski definition) is 2. The number of imide groups is 1.